The molecule has 2 saturated heterocycles. The maximum Gasteiger partial charge on any atom is 0.244 e. The van der Waals surface area contributed by atoms with Gasteiger partial charge < -0.3 is 10.1 Å². The van der Waals surface area contributed by atoms with E-state index in [1.54, 1.807) is 12.1 Å². The Labute approximate surface area is 220 Å². The van der Waals surface area contributed by atoms with E-state index in [-0.39, 0.29) is 45.4 Å². The van der Waals surface area contributed by atoms with Gasteiger partial charge in [0.1, 0.15) is 4.90 Å². The summed E-state index contributed by atoms with van der Waals surface area (Å²) in [5.74, 6) is -0.284. The van der Waals surface area contributed by atoms with Gasteiger partial charge in [-0.25, -0.2) is 16.8 Å². The van der Waals surface area contributed by atoms with Crippen molar-refractivity contribution in [3.63, 3.8) is 0 Å². The smallest absolute Gasteiger partial charge is 0.244 e. The van der Waals surface area contributed by atoms with Gasteiger partial charge in [0.25, 0.3) is 0 Å². The topological polar surface area (TPSA) is 116 Å². The van der Waals surface area contributed by atoms with Gasteiger partial charge in [-0.3, -0.25) is 9.69 Å². The van der Waals surface area contributed by atoms with Gasteiger partial charge in [0, 0.05) is 50.0 Å². The Morgan fingerprint density at radius 2 is 1.44 bits per heavy atom. The molecule has 2 aromatic rings. The molecule has 0 spiro atoms. The lowest BCUT2D eigenvalue weighted by Crippen LogP contribution is -2.50. The number of halogens is 2. The summed E-state index contributed by atoms with van der Waals surface area (Å²) < 4.78 is 59.3. The van der Waals surface area contributed by atoms with Crippen LogP contribution in [0.25, 0.3) is 0 Å². The zero-order chi connectivity index (χ0) is 25.9. The predicted molar refractivity (Wildman–Crippen MR) is 136 cm³/mol. The van der Waals surface area contributed by atoms with Crippen molar-refractivity contribution < 1.29 is 26.4 Å². The highest BCUT2D eigenvalue weighted by Gasteiger charge is 2.31. The minimum Gasteiger partial charge on any atom is -0.379 e. The third-order valence-electron chi connectivity index (χ3n) is 5.96. The maximum atomic E-state index is 13.0. The molecular weight excluding hydrogens is 551 g/mol. The summed E-state index contributed by atoms with van der Waals surface area (Å²) in [6.07, 6.45) is 0. The number of nitrogens with one attached hydrogen (secondary N) is 1. The first-order valence-corrected chi connectivity index (χ1v) is 14.9. The molecule has 10 nitrogen and oxygen atoms in total. The molecular formula is C22H26Cl2N4O6S2. The van der Waals surface area contributed by atoms with Crippen LogP contribution < -0.4 is 5.32 Å². The number of carbonyl (C=O) groups is 1. The molecule has 0 unspecified atom stereocenters. The quantitative estimate of drug-likeness (QED) is 0.535. The number of carbonyl (C=O) groups excluding carboxylic acids is 1. The lowest BCUT2D eigenvalue weighted by Gasteiger charge is -2.33. The average Bonchev–Trinajstić information content (AvgIpc) is 2.86. The molecule has 2 aliphatic heterocycles. The summed E-state index contributed by atoms with van der Waals surface area (Å²) >= 11 is 12.0. The monoisotopic (exact) mass is 576 g/mol. The van der Waals surface area contributed by atoms with E-state index in [9.17, 15) is 21.6 Å². The van der Waals surface area contributed by atoms with Crippen LogP contribution in [0.3, 0.4) is 0 Å². The fraction of sp³-hybridized carbons (Fsp3) is 0.409. The minimum atomic E-state index is -3.81. The molecule has 0 saturated carbocycles. The summed E-state index contributed by atoms with van der Waals surface area (Å²) in [7, 11) is -7.42. The summed E-state index contributed by atoms with van der Waals surface area (Å²) in [6, 6.07) is 10.3. The first-order valence-electron chi connectivity index (χ1n) is 11.2. The Hall–Kier alpha value is -1.77. The van der Waals surface area contributed by atoms with Crippen molar-refractivity contribution in [2.75, 3.05) is 64.3 Å². The van der Waals surface area contributed by atoms with E-state index in [2.05, 4.69) is 5.32 Å². The molecule has 2 aliphatic rings. The molecule has 2 fully saturated rings. The number of rotatable bonds is 7. The second kappa shape index (κ2) is 11.3. The van der Waals surface area contributed by atoms with Crippen LogP contribution in [-0.2, 0) is 29.6 Å². The normalized spacial score (nSPS) is 18.7. The van der Waals surface area contributed by atoms with Crippen molar-refractivity contribution in [1.29, 1.82) is 0 Å². The lowest BCUT2D eigenvalue weighted by atomic mass is 10.3. The highest BCUT2D eigenvalue weighted by atomic mass is 35.5. The number of sulfonamides is 2. The number of hydrogen-bond acceptors (Lipinski definition) is 7. The molecule has 0 aliphatic carbocycles. The zero-order valence-electron chi connectivity index (χ0n) is 19.3. The third-order valence-corrected chi connectivity index (χ3v) is 10.5. The summed E-state index contributed by atoms with van der Waals surface area (Å²) in [5.41, 5.74) is 0.470. The average molecular weight is 578 g/mol. The van der Waals surface area contributed by atoms with Crippen LogP contribution in [0.4, 0.5) is 5.69 Å². The van der Waals surface area contributed by atoms with E-state index in [4.69, 9.17) is 27.9 Å². The van der Waals surface area contributed by atoms with Crippen LogP contribution in [-0.4, -0.2) is 95.3 Å². The first-order chi connectivity index (χ1) is 17.1. The SMILES string of the molecule is O=C(CN1CCN(S(=O)(=O)c2cc(Cl)ccc2Cl)CC1)Nc1ccc(S(=O)(=O)N2CCOCC2)cc1. The molecule has 4 rings (SSSR count). The zero-order valence-corrected chi connectivity index (χ0v) is 22.4. The molecule has 1 N–H and O–H groups in total. The Bertz CT molecular complexity index is 1310. The molecule has 196 valence electrons. The van der Waals surface area contributed by atoms with Crippen molar-refractivity contribution >= 4 is 54.8 Å². The fourth-order valence-electron chi connectivity index (χ4n) is 3.99. The molecule has 14 heteroatoms. The number of ether oxygens (including phenoxy) is 1. The lowest BCUT2D eigenvalue weighted by molar-refractivity contribution is -0.117. The second-order valence-corrected chi connectivity index (χ2v) is 13.0. The van der Waals surface area contributed by atoms with Crippen LogP contribution in [0, 0.1) is 0 Å². The van der Waals surface area contributed by atoms with E-state index in [0.717, 1.165) is 0 Å². The van der Waals surface area contributed by atoms with Crippen LogP contribution in [0.2, 0.25) is 10.0 Å². The minimum absolute atomic E-state index is 0.0399. The van der Waals surface area contributed by atoms with Gasteiger partial charge in [0.15, 0.2) is 0 Å². The number of morpholine rings is 1. The maximum absolute atomic E-state index is 13.0. The number of anilines is 1. The largest absolute Gasteiger partial charge is 0.379 e. The standard InChI is InChI=1S/C22H26Cl2N4O6S2/c23-17-1-6-20(24)21(15-17)36(32,33)27-9-7-26(8-10-27)16-22(29)25-18-2-4-19(5-3-18)35(30,31)28-11-13-34-14-12-28/h1-6,15H,7-14,16H2,(H,25,29). The highest BCUT2D eigenvalue weighted by Crippen LogP contribution is 2.28. The molecule has 2 heterocycles. The molecule has 0 atom stereocenters. The van der Waals surface area contributed by atoms with Gasteiger partial charge >= 0.3 is 0 Å². The summed E-state index contributed by atoms with van der Waals surface area (Å²) in [4.78, 5) is 14.5. The van der Waals surface area contributed by atoms with Gasteiger partial charge in [-0.15, -0.1) is 0 Å². The molecule has 1 amide bonds. The van der Waals surface area contributed by atoms with Crippen molar-refractivity contribution in [2.45, 2.75) is 9.79 Å². The predicted octanol–water partition coefficient (Wildman–Crippen LogP) is 1.96. The van der Waals surface area contributed by atoms with Gasteiger partial charge in [-0.1, -0.05) is 23.2 Å². The highest BCUT2D eigenvalue weighted by molar-refractivity contribution is 7.89. The number of benzene rings is 2. The number of hydrogen-bond donors (Lipinski definition) is 1. The Morgan fingerprint density at radius 1 is 0.833 bits per heavy atom. The number of amides is 1. The van der Waals surface area contributed by atoms with Gasteiger partial charge in [-0.2, -0.15) is 8.61 Å². The van der Waals surface area contributed by atoms with E-state index in [0.29, 0.717) is 45.1 Å². The van der Waals surface area contributed by atoms with Gasteiger partial charge in [-0.05, 0) is 42.5 Å². The Balaban J connectivity index is 1.30. The molecule has 0 aromatic heterocycles. The first kappa shape index (κ1) is 27.3. The summed E-state index contributed by atoms with van der Waals surface area (Å²) in [5, 5.41) is 3.14. The molecule has 2 aromatic carbocycles. The summed E-state index contributed by atoms with van der Waals surface area (Å²) in [6.45, 7) is 2.54. The van der Waals surface area contributed by atoms with E-state index in [1.165, 1.54) is 38.9 Å². The van der Waals surface area contributed by atoms with Crippen molar-refractivity contribution in [1.82, 2.24) is 13.5 Å². The second-order valence-electron chi connectivity index (χ2n) is 8.34. The molecule has 0 radical (unpaired) electrons. The number of piperazine rings is 1. The van der Waals surface area contributed by atoms with Crippen LogP contribution in [0.1, 0.15) is 0 Å². The van der Waals surface area contributed by atoms with Crippen molar-refractivity contribution in [2.24, 2.45) is 0 Å². The van der Waals surface area contributed by atoms with Gasteiger partial charge in [0.2, 0.25) is 26.0 Å². The Morgan fingerprint density at radius 3 is 2.08 bits per heavy atom. The van der Waals surface area contributed by atoms with Crippen molar-refractivity contribution in [3.8, 4) is 0 Å². The van der Waals surface area contributed by atoms with E-state index in [1.807, 2.05) is 4.90 Å². The fourth-order valence-corrected chi connectivity index (χ4v) is 7.56. The van der Waals surface area contributed by atoms with E-state index < -0.39 is 20.0 Å². The molecule has 36 heavy (non-hydrogen) atoms. The van der Waals surface area contributed by atoms with E-state index >= 15 is 0 Å². The van der Waals surface area contributed by atoms with Crippen molar-refractivity contribution in [3.05, 3.63) is 52.5 Å². The third kappa shape index (κ3) is 6.20. The van der Waals surface area contributed by atoms with Crippen LogP contribution in [0.5, 0.6) is 0 Å². The van der Waals surface area contributed by atoms with Crippen LogP contribution in [0.15, 0.2) is 52.3 Å². The Kier molecular flexibility index (Phi) is 8.57. The van der Waals surface area contributed by atoms with Gasteiger partial charge in [0.05, 0.1) is 29.7 Å². The molecule has 0 bridgehead atoms. The van der Waals surface area contributed by atoms with Crippen LogP contribution >= 0.6 is 23.2 Å². The number of nitrogens with zero attached hydrogens (tertiary/aromatic N) is 3.